The molecule has 1 aliphatic rings. The molecule has 2 N–H and O–H groups in total. The molecule has 1 aromatic rings. The van der Waals surface area contributed by atoms with Gasteiger partial charge in [-0.05, 0) is 13.0 Å². The van der Waals surface area contributed by atoms with Gasteiger partial charge in [0.15, 0.2) is 16.4 Å². The fraction of sp³-hybridized carbons (Fsp3) is 0.500. The molecule has 6 nitrogen and oxygen atoms in total. The fourth-order valence-electron chi connectivity index (χ4n) is 2.40. The van der Waals surface area contributed by atoms with Crippen LogP contribution in [0.3, 0.4) is 0 Å². The van der Waals surface area contributed by atoms with Gasteiger partial charge in [0.05, 0.1) is 11.5 Å². The Morgan fingerprint density at radius 2 is 2.14 bits per heavy atom. The molecule has 1 heterocycles. The van der Waals surface area contributed by atoms with E-state index in [4.69, 9.17) is 10.5 Å². The van der Waals surface area contributed by atoms with Crippen molar-refractivity contribution < 1.29 is 17.9 Å². The van der Waals surface area contributed by atoms with Gasteiger partial charge in [-0.25, -0.2) is 8.42 Å². The smallest absolute Gasteiger partial charge is 0.260 e. The first-order valence-electron chi connectivity index (χ1n) is 6.83. The molecule has 0 spiro atoms. The average molecular weight is 312 g/mol. The molecule has 7 heteroatoms. The zero-order valence-electron chi connectivity index (χ0n) is 12.0. The maximum atomic E-state index is 12.2. The molecular weight excluding hydrogens is 292 g/mol. The van der Waals surface area contributed by atoms with Gasteiger partial charge in [-0.3, -0.25) is 4.79 Å². The summed E-state index contributed by atoms with van der Waals surface area (Å²) in [5.74, 6) is 0.412. The van der Waals surface area contributed by atoms with E-state index < -0.39 is 9.84 Å². The predicted molar refractivity (Wildman–Crippen MR) is 79.7 cm³/mol. The average Bonchev–Trinajstić information content (AvgIpc) is 2.44. The number of benzene rings is 1. The molecule has 0 bridgehead atoms. The molecule has 1 amide bonds. The SMILES string of the molecule is CC1CS(=O)(=O)CCN1C(=O)COc1ccccc1CN. The van der Waals surface area contributed by atoms with Crippen molar-refractivity contribution in [2.45, 2.75) is 19.5 Å². The van der Waals surface area contributed by atoms with Gasteiger partial charge in [0.1, 0.15) is 5.75 Å². The molecule has 0 aliphatic carbocycles. The van der Waals surface area contributed by atoms with Crippen molar-refractivity contribution in [1.82, 2.24) is 4.90 Å². The molecule has 1 unspecified atom stereocenters. The quantitative estimate of drug-likeness (QED) is 0.856. The first-order valence-corrected chi connectivity index (χ1v) is 8.66. The van der Waals surface area contributed by atoms with E-state index in [0.29, 0.717) is 12.3 Å². The van der Waals surface area contributed by atoms with Crippen LogP contribution in [0.2, 0.25) is 0 Å². The number of sulfone groups is 1. The van der Waals surface area contributed by atoms with Crippen molar-refractivity contribution in [2.75, 3.05) is 24.7 Å². The van der Waals surface area contributed by atoms with Gasteiger partial charge < -0.3 is 15.4 Å². The number of amides is 1. The second-order valence-electron chi connectivity index (χ2n) is 5.15. The maximum Gasteiger partial charge on any atom is 0.260 e. The number of rotatable bonds is 4. The van der Waals surface area contributed by atoms with Crippen molar-refractivity contribution in [2.24, 2.45) is 5.73 Å². The molecule has 116 valence electrons. The van der Waals surface area contributed by atoms with Crippen LogP contribution in [0.4, 0.5) is 0 Å². The molecule has 2 rings (SSSR count). The van der Waals surface area contributed by atoms with Crippen LogP contribution in [0, 0.1) is 0 Å². The first kappa shape index (κ1) is 15.8. The van der Waals surface area contributed by atoms with Crippen LogP contribution < -0.4 is 10.5 Å². The molecule has 1 fully saturated rings. The summed E-state index contributed by atoms with van der Waals surface area (Å²) in [5, 5.41) is 0. The zero-order valence-corrected chi connectivity index (χ0v) is 12.8. The Bertz CT molecular complexity index is 615. The number of hydrogen-bond acceptors (Lipinski definition) is 5. The van der Waals surface area contributed by atoms with E-state index in [2.05, 4.69) is 0 Å². The lowest BCUT2D eigenvalue weighted by Gasteiger charge is -2.33. The molecule has 0 radical (unpaired) electrons. The Morgan fingerprint density at radius 1 is 1.43 bits per heavy atom. The van der Waals surface area contributed by atoms with E-state index in [1.807, 2.05) is 18.2 Å². The third-order valence-corrected chi connectivity index (χ3v) is 5.33. The monoisotopic (exact) mass is 312 g/mol. The Hall–Kier alpha value is -1.60. The van der Waals surface area contributed by atoms with Crippen LogP contribution in [-0.2, 0) is 21.2 Å². The van der Waals surface area contributed by atoms with Gasteiger partial charge in [-0.2, -0.15) is 0 Å². The Balaban J connectivity index is 1.96. The van der Waals surface area contributed by atoms with Gasteiger partial charge >= 0.3 is 0 Å². The minimum atomic E-state index is -3.03. The number of carbonyl (C=O) groups is 1. The zero-order chi connectivity index (χ0) is 15.5. The summed E-state index contributed by atoms with van der Waals surface area (Å²) in [7, 11) is -3.03. The third kappa shape index (κ3) is 3.95. The van der Waals surface area contributed by atoms with Crippen molar-refractivity contribution in [1.29, 1.82) is 0 Å². The van der Waals surface area contributed by atoms with Crippen molar-refractivity contribution in [3.63, 3.8) is 0 Å². The summed E-state index contributed by atoms with van der Waals surface area (Å²) in [4.78, 5) is 13.7. The van der Waals surface area contributed by atoms with Gasteiger partial charge in [-0.1, -0.05) is 18.2 Å². The number of nitrogens with two attached hydrogens (primary N) is 1. The largest absolute Gasteiger partial charge is 0.483 e. The lowest BCUT2D eigenvalue weighted by Crippen LogP contribution is -2.51. The number of nitrogens with zero attached hydrogens (tertiary/aromatic N) is 1. The molecule has 1 aromatic carbocycles. The Kier molecular flexibility index (Phi) is 4.84. The summed E-state index contributed by atoms with van der Waals surface area (Å²) in [6, 6.07) is 6.96. The van der Waals surface area contributed by atoms with Crippen molar-refractivity contribution >= 4 is 15.7 Å². The third-order valence-electron chi connectivity index (χ3n) is 3.53. The van der Waals surface area contributed by atoms with Crippen LogP contribution in [-0.4, -0.2) is 49.9 Å². The summed E-state index contributed by atoms with van der Waals surface area (Å²) >= 11 is 0. The highest BCUT2D eigenvalue weighted by molar-refractivity contribution is 7.91. The molecule has 21 heavy (non-hydrogen) atoms. The van der Waals surface area contributed by atoms with Crippen LogP contribution in [0.1, 0.15) is 12.5 Å². The summed E-state index contributed by atoms with van der Waals surface area (Å²) < 4.78 is 28.5. The number of hydrogen-bond donors (Lipinski definition) is 1. The Morgan fingerprint density at radius 3 is 2.81 bits per heavy atom. The Labute approximate surface area is 124 Å². The normalized spacial score (nSPS) is 21.0. The van der Waals surface area contributed by atoms with Crippen LogP contribution in [0.15, 0.2) is 24.3 Å². The minimum Gasteiger partial charge on any atom is -0.483 e. The van der Waals surface area contributed by atoms with Crippen molar-refractivity contribution in [3.05, 3.63) is 29.8 Å². The molecule has 0 saturated carbocycles. The van der Waals surface area contributed by atoms with Gasteiger partial charge in [-0.15, -0.1) is 0 Å². The molecule has 1 aliphatic heterocycles. The van der Waals surface area contributed by atoms with Gasteiger partial charge in [0.25, 0.3) is 5.91 Å². The molecule has 0 aromatic heterocycles. The molecule has 1 saturated heterocycles. The van der Waals surface area contributed by atoms with Crippen molar-refractivity contribution in [3.8, 4) is 5.75 Å². The van der Waals surface area contributed by atoms with E-state index >= 15 is 0 Å². The topological polar surface area (TPSA) is 89.7 Å². The minimum absolute atomic E-state index is 0.0120. The first-order chi connectivity index (χ1) is 9.93. The van der Waals surface area contributed by atoms with Crippen LogP contribution in [0.25, 0.3) is 0 Å². The highest BCUT2D eigenvalue weighted by Crippen LogP contribution is 2.18. The lowest BCUT2D eigenvalue weighted by molar-refractivity contribution is -0.134. The fourth-order valence-corrected chi connectivity index (χ4v) is 3.96. The summed E-state index contributed by atoms with van der Waals surface area (Å²) in [6.45, 7) is 2.19. The van der Waals surface area contributed by atoms with E-state index in [-0.39, 0.29) is 36.6 Å². The molecule has 1 atom stereocenters. The highest BCUT2D eigenvalue weighted by Gasteiger charge is 2.31. The van der Waals surface area contributed by atoms with E-state index in [1.54, 1.807) is 17.9 Å². The highest BCUT2D eigenvalue weighted by atomic mass is 32.2. The van der Waals surface area contributed by atoms with Gasteiger partial charge in [0.2, 0.25) is 0 Å². The second-order valence-corrected chi connectivity index (χ2v) is 7.38. The van der Waals surface area contributed by atoms with Gasteiger partial charge in [0, 0.05) is 24.7 Å². The summed E-state index contributed by atoms with van der Waals surface area (Å²) in [5.41, 5.74) is 6.44. The van der Waals surface area contributed by atoms with E-state index in [0.717, 1.165) is 5.56 Å². The number of ether oxygens (including phenoxy) is 1. The standard InChI is InChI=1S/C14H20N2O4S/c1-11-10-21(18,19)7-6-16(11)14(17)9-20-13-5-3-2-4-12(13)8-15/h2-5,11H,6-10,15H2,1H3. The van der Waals surface area contributed by atoms with E-state index in [9.17, 15) is 13.2 Å². The van der Waals surface area contributed by atoms with Crippen LogP contribution in [0.5, 0.6) is 5.75 Å². The predicted octanol–water partition coefficient (Wildman–Crippen LogP) is 0.170. The molecular formula is C14H20N2O4S. The number of para-hydroxylation sites is 1. The summed E-state index contributed by atoms with van der Waals surface area (Å²) in [6.07, 6.45) is 0. The van der Waals surface area contributed by atoms with E-state index in [1.165, 1.54) is 0 Å². The second kappa shape index (κ2) is 6.44. The number of carbonyl (C=O) groups excluding carboxylic acids is 1. The van der Waals surface area contributed by atoms with Crippen LogP contribution >= 0.6 is 0 Å². The maximum absolute atomic E-state index is 12.2. The lowest BCUT2D eigenvalue weighted by atomic mass is 10.2.